The smallest absolute Gasteiger partial charge is 0.234 e. The van der Waals surface area contributed by atoms with Gasteiger partial charge in [0.25, 0.3) is 0 Å². The minimum Gasteiger partial charge on any atom is -0.344 e. The number of carbonyl (C=O) groups excluding carboxylic acids is 1. The largest absolute Gasteiger partial charge is 0.344 e. The van der Waals surface area contributed by atoms with Crippen LogP contribution in [0.15, 0.2) is 0 Å². The van der Waals surface area contributed by atoms with E-state index in [1.807, 2.05) is 6.07 Å². The second-order valence-electron chi connectivity index (χ2n) is 2.44. The highest BCUT2D eigenvalue weighted by atomic mass is 32.2. The lowest BCUT2D eigenvalue weighted by atomic mass is 10.4. The van der Waals surface area contributed by atoms with Gasteiger partial charge in [0.2, 0.25) is 5.91 Å². The van der Waals surface area contributed by atoms with Crippen LogP contribution in [-0.2, 0) is 15.6 Å². The molecule has 1 atom stereocenters. The number of rotatable bonds is 4. The molecule has 0 aromatic carbocycles. The lowest BCUT2D eigenvalue weighted by Gasteiger charge is -2.13. The van der Waals surface area contributed by atoms with Crippen LogP contribution in [0.1, 0.15) is 6.42 Å². The van der Waals surface area contributed by atoms with Crippen LogP contribution >= 0.6 is 0 Å². The van der Waals surface area contributed by atoms with Crippen molar-refractivity contribution < 1.29 is 9.00 Å². The van der Waals surface area contributed by atoms with Gasteiger partial charge in [0.15, 0.2) is 0 Å². The molecule has 0 aliphatic heterocycles. The third kappa shape index (κ3) is 4.85. The molecule has 0 saturated heterocycles. The average Bonchev–Trinajstić information content (AvgIpc) is 1.98. The zero-order valence-electron chi connectivity index (χ0n) is 7.24. The SMILES string of the molecule is CN(CCC#N)C(=O)CS(C)=O. The Kier molecular flexibility index (Phi) is 5.30. The summed E-state index contributed by atoms with van der Waals surface area (Å²) in [6.45, 7) is 0.409. The summed E-state index contributed by atoms with van der Waals surface area (Å²) in [6.07, 6.45) is 1.80. The summed E-state index contributed by atoms with van der Waals surface area (Å²) in [5.41, 5.74) is 0. The van der Waals surface area contributed by atoms with Crippen LogP contribution in [0, 0.1) is 11.3 Å². The fourth-order valence-corrected chi connectivity index (χ4v) is 1.19. The summed E-state index contributed by atoms with van der Waals surface area (Å²) in [5.74, 6) is -0.131. The molecular weight excluding hydrogens is 176 g/mol. The van der Waals surface area contributed by atoms with E-state index >= 15 is 0 Å². The predicted octanol–water partition coefficient (Wildman–Crippen LogP) is -0.263. The van der Waals surface area contributed by atoms with Crippen molar-refractivity contribution in [1.29, 1.82) is 5.26 Å². The maximum Gasteiger partial charge on any atom is 0.234 e. The molecule has 4 nitrogen and oxygen atoms in total. The van der Waals surface area contributed by atoms with Crippen LogP contribution in [0.4, 0.5) is 0 Å². The van der Waals surface area contributed by atoms with Gasteiger partial charge in [0.1, 0.15) is 5.75 Å². The topological polar surface area (TPSA) is 61.2 Å². The molecule has 0 bridgehead atoms. The van der Waals surface area contributed by atoms with E-state index in [1.165, 1.54) is 11.2 Å². The van der Waals surface area contributed by atoms with E-state index < -0.39 is 10.8 Å². The van der Waals surface area contributed by atoms with Crippen LogP contribution in [0.3, 0.4) is 0 Å². The van der Waals surface area contributed by atoms with Crippen molar-refractivity contribution in [3.63, 3.8) is 0 Å². The summed E-state index contributed by atoms with van der Waals surface area (Å²) in [7, 11) is 0.508. The van der Waals surface area contributed by atoms with Gasteiger partial charge in [-0.25, -0.2) is 0 Å². The molecule has 0 aromatic heterocycles. The monoisotopic (exact) mass is 188 g/mol. The average molecular weight is 188 g/mol. The van der Waals surface area contributed by atoms with Gasteiger partial charge >= 0.3 is 0 Å². The second kappa shape index (κ2) is 5.72. The molecule has 12 heavy (non-hydrogen) atoms. The summed E-state index contributed by atoms with van der Waals surface area (Å²) in [5, 5.41) is 8.23. The van der Waals surface area contributed by atoms with E-state index in [4.69, 9.17) is 5.26 Å². The molecule has 68 valence electrons. The first-order valence-corrected chi connectivity index (χ1v) is 5.21. The van der Waals surface area contributed by atoms with Gasteiger partial charge < -0.3 is 4.90 Å². The van der Waals surface area contributed by atoms with Crippen LogP contribution in [0.5, 0.6) is 0 Å². The Bertz CT molecular complexity index is 222. The zero-order valence-corrected chi connectivity index (χ0v) is 8.06. The standard InChI is InChI=1S/C7H12N2O2S/c1-9(5-3-4-8)7(10)6-12(2)11/h3,5-6H2,1-2H3. The van der Waals surface area contributed by atoms with Gasteiger partial charge in [-0.1, -0.05) is 0 Å². The molecule has 0 aromatic rings. The first-order valence-electron chi connectivity index (χ1n) is 3.49. The van der Waals surface area contributed by atoms with Gasteiger partial charge in [-0.05, 0) is 0 Å². The molecule has 0 aliphatic rings. The summed E-state index contributed by atoms with van der Waals surface area (Å²) < 4.78 is 10.6. The lowest BCUT2D eigenvalue weighted by Crippen LogP contribution is -2.31. The first kappa shape index (κ1) is 11.1. The number of nitrogens with zero attached hydrogens (tertiary/aromatic N) is 2. The number of hydrogen-bond acceptors (Lipinski definition) is 3. The molecule has 0 rings (SSSR count). The molecular formula is C7H12N2O2S. The van der Waals surface area contributed by atoms with E-state index in [9.17, 15) is 9.00 Å². The highest BCUT2D eigenvalue weighted by molar-refractivity contribution is 7.85. The molecule has 5 heteroatoms. The van der Waals surface area contributed by atoms with E-state index in [0.717, 1.165) is 0 Å². The Morgan fingerprint density at radius 3 is 2.67 bits per heavy atom. The van der Waals surface area contributed by atoms with Crippen LogP contribution in [0.2, 0.25) is 0 Å². The summed E-state index contributed by atoms with van der Waals surface area (Å²) in [4.78, 5) is 12.5. The van der Waals surface area contributed by atoms with E-state index in [0.29, 0.717) is 13.0 Å². The van der Waals surface area contributed by atoms with Gasteiger partial charge in [0.05, 0.1) is 12.5 Å². The van der Waals surface area contributed by atoms with Gasteiger partial charge in [-0.2, -0.15) is 5.26 Å². The Morgan fingerprint density at radius 1 is 1.67 bits per heavy atom. The minimum atomic E-state index is -1.10. The quantitative estimate of drug-likeness (QED) is 0.610. The molecule has 0 fully saturated rings. The Morgan fingerprint density at radius 2 is 2.25 bits per heavy atom. The van der Waals surface area contributed by atoms with Crippen molar-refractivity contribution in [3.05, 3.63) is 0 Å². The van der Waals surface area contributed by atoms with Crippen LogP contribution < -0.4 is 0 Å². The summed E-state index contributed by atoms with van der Waals surface area (Å²) >= 11 is 0. The first-order chi connectivity index (χ1) is 5.57. The number of carbonyl (C=O) groups is 1. The highest BCUT2D eigenvalue weighted by Crippen LogP contribution is 1.89. The normalized spacial score (nSPS) is 11.8. The molecule has 1 amide bonds. The van der Waals surface area contributed by atoms with Crippen LogP contribution in [0.25, 0.3) is 0 Å². The number of nitriles is 1. The molecule has 0 heterocycles. The van der Waals surface area contributed by atoms with E-state index in [1.54, 1.807) is 7.05 Å². The fraction of sp³-hybridized carbons (Fsp3) is 0.714. The van der Waals surface area contributed by atoms with Crippen molar-refractivity contribution in [1.82, 2.24) is 4.90 Å². The molecule has 1 unspecified atom stereocenters. The van der Waals surface area contributed by atoms with Crippen LogP contribution in [-0.4, -0.2) is 40.6 Å². The maximum atomic E-state index is 11.1. The Hall–Kier alpha value is -0.890. The third-order valence-electron chi connectivity index (χ3n) is 1.31. The van der Waals surface area contributed by atoms with Gasteiger partial charge in [-0.3, -0.25) is 9.00 Å². The Labute approximate surface area is 74.6 Å². The molecule has 0 saturated carbocycles. The van der Waals surface area contributed by atoms with Gasteiger partial charge in [0, 0.05) is 30.6 Å². The summed E-state index contributed by atoms with van der Waals surface area (Å²) in [6, 6.07) is 1.94. The third-order valence-corrected chi connectivity index (χ3v) is 1.96. The maximum absolute atomic E-state index is 11.1. The van der Waals surface area contributed by atoms with Crippen molar-refractivity contribution in [2.24, 2.45) is 0 Å². The van der Waals surface area contributed by atoms with Crippen molar-refractivity contribution in [3.8, 4) is 6.07 Å². The van der Waals surface area contributed by atoms with Crippen molar-refractivity contribution >= 4 is 16.7 Å². The highest BCUT2D eigenvalue weighted by Gasteiger charge is 2.08. The van der Waals surface area contributed by atoms with Crippen molar-refractivity contribution in [2.45, 2.75) is 6.42 Å². The fourth-order valence-electron chi connectivity index (χ4n) is 0.626. The van der Waals surface area contributed by atoms with E-state index in [-0.39, 0.29) is 11.7 Å². The zero-order chi connectivity index (χ0) is 9.56. The number of hydrogen-bond donors (Lipinski definition) is 0. The molecule has 0 radical (unpaired) electrons. The minimum absolute atomic E-state index is 0.0436. The van der Waals surface area contributed by atoms with E-state index in [2.05, 4.69) is 0 Å². The lowest BCUT2D eigenvalue weighted by molar-refractivity contribution is -0.127. The molecule has 0 spiro atoms. The Balaban J connectivity index is 3.78. The number of amides is 1. The molecule has 0 aliphatic carbocycles. The molecule has 0 N–H and O–H groups in total. The van der Waals surface area contributed by atoms with Gasteiger partial charge in [-0.15, -0.1) is 0 Å². The van der Waals surface area contributed by atoms with Crippen molar-refractivity contribution in [2.75, 3.05) is 25.6 Å². The second-order valence-corrected chi connectivity index (χ2v) is 3.88. The predicted molar refractivity (Wildman–Crippen MR) is 46.8 cm³/mol.